The number of nitrogens with zero attached hydrogens (tertiary/aromatic N) is 4. The Morgan fingerprint density at radius 2 is 2.17 bits per heavy atom. The number of carbonyl (C=O) groups is 2. The molecule has 13 heteroatoms. The zero-order chi connectivity index (χ0) is 25.0. The lowest BCUT2D eigenvalue weighted by Gasteiger charge is -2.44. The SMILES string of the molecule is CCOC(=O)CNC(=O)N1CCCC[C@]1(N)CNc1nc(-c2c[nH]c3ncc(Cl)cc23)ncc1F. The van der Waals surface area contributed by atoms with E-state index in [2.05, 4.69) is 30.6 Å². The second kappa shape index (κ2) is 10.4. The number of piperidine rings is 1. The standard InChI is InChI=1S/C22H26ClFN8O3/c1-2-35-17(33)11-29-21(34)32-6-4-3-5-22(32,25)12-30-20-16(24)10-28-19(31-20)15-9-27-18-14(15)7-13(23)8-26-18/h7-10H,2-6,11-12,25H2,1H3,(H,26,27)(H,29,34)(H,28,30,31)/t22-/m1/s1. The number of amides is 2. The largest absolute Gasteiger partial charge is 0.465 e. The van der Waals surface area contributed by atoms with Crippen molar-refractivity contribution in [3.05, 3.63) is 35.5 Å². The predicted molar refractivity (Wildman–Crippen MR) is 128 cm³/mol. The van der Waals surface area contributed by atoms with Gasteiger partial charge in [-0.2, -0.15) is 0 Å². The number of fused-ring (bicyclic) bond motifs is 1. The third-order valence-electron chi connectivity index (χ3n) is 5.76. The summed E-state index contributed by atoms with van der Waals surface area (Å²) in [5.74, 6) is -0.991. The normalized spacial score (nSPS) is 17.9. The Balaban J connectivity index is 1.50. The van der Waals surface area contributed by atoms with Gasteiger partial charge in [-0.25, -0.2) is 24.1 Å². The van der Waals surface area contributed by atoms with Crippen LogP contribution in [-0.2, 0) is 9.53 Å². The highest BCUT2D eigenvalue weighted by molar-refractivity contribution is 6.31. The van der Waals surface area contributed by atoms with E-state index in [0.717, 1.165) is 19.0 Å². The minimum absolute atomic E-state index is 0.0362. The number of halogens is 2. The number of urea groups is 1. The molecule has 0 saturated carbocycles. The third-order valence-corrected chi connectivity index (χ3v) is 5.96. The number of aromatic amines is 1. The van der Waals surface area contributed by atoms with Crippen LogP contribution in [0.4, 0.5) is 15.0 Å². The average Bonchev–Trinajstić information content (AvgIpc) is 3.25. The maximum absolute atomic E-state index is 14.6. The van der Waals surface area contributed by atoms with Gasteiger partial charge in [0.05, 0.1) is 24.4 Å². The Kier molecular flexibility index (Phi) is 7.31. The minimum Gasteiger partial charge on any atom is -0.465 e. The number of carbonyl (C=O) groups excluding carboxylic acids is 2. The van der Waals surface area contributed by atoms with Crippen molar-refractivity contribution in [1.29, 1.82) is 0 Å². The van der Waals surface area contributed by atoms with E-state index in [1.807, 2.05) is 0 Å². The summed E-state index contributed by atoms with van der Waals surface area (Å²) in [5, 5.41) is 6.62. The number of nitrogens with one attached hydrogen (secondary N) is 3. The van der Waals surface area contributed by atoms with Crippen LogP contribution in [0.5, 0.6) is 0 Å². The number of anilines is 1. The molecule has 0 unspecified atom stereocenters. The highest BCUT2D eigenvalue weighted by Crippen LogP contribution is 2.29. The molecule has 5 N–H and O–H groups in total. The highest BCUT2D eigenvalue weighted by Gasteiger charge is 2.38. The van der Waals surface area contributed by atoms with E-state index < -0.39 is 23.5 Å². The maximum Gasteiger partial charge on any atom is 0.325 e. The lowest BCUT2D eigenvalue weighted by molar-refractivity contribution is -0.141. The smallest absolute Gasteiger partial charge is 0.325 e. The zero-order valence-corrected chi connectivity index (χ0v) is 19.9. The number of aromatic nitrogens is 4. The van der Waals surface area contributed by atoms with Gasteiger partial charge in [-0.1, -0.05) is 11.6 Å². The molecule has 1 aliphatic heterocycles. The van der Waals surface area contributed by atoms with Crippen molar-refractivity contribution in [3.63, 3.8) is 0 Å². The van der Waals surface area contributed by atoms with E-state index in [9.17, 15) is 14.0 Å². The molecule has 1 fully saturated rings. The number of nitrogens with two attached hydrogens (primary N) is 1. The van der Waals surface area contributed by atoms with Gasteiger partial charge in [0.15, 0.2) is 17.5 Å². The molecule has 1 saturated heterocycles. The van der Waals surface area contributed by atoms with E-state index >= 15 is 0 Å². The molecular weight excluding hydrogens is 479 g/mol. The first-order chi connectivity index (χ1) is 16.8. The van der Waals surface area contributed by atoms with Gasteiger partial charge in [0.25, 0.3) is 0 Å². The molecule has 4 heterocycles. The van der Waals surface area contributed by atoms with Crippen LogP contribution in [0, 0.1) is 5.82 Å². The number of esters is 1. The van der Waals surface area contributed by atoms with Crippen molar-refractivity contribution in [3.8, 4) is 11.4 Å². The fourth-order valence-corrected chi connectivity index (χ4v) is 4.18. The van der Waals surface area contributed by atoms with Crippen LogP contribution in [0.25, 0.3) is 22.4 Å². The number of H-pyrrole nitrogens is 1. The van der Waals surface area contributed by atoms with Crippen LogP contribution in [0.2, 0.25) is 5.02 Å². The molecule has 11 nitrogen and oxygen atoms in total. The summed E-state index contributed by atoms with van der Waals surface area (Å²) in [6, 6.07) is 1.23. The fourth-order valence-electron chi connectivity index (χ4n) is 4.02. The van der Waals surface area contributed by atoms with Crippen molar-refractivity contribution in [1.82, 2.24) is 30.2 Å². The summed E-state index contributed by atoms with van der Waals surface area (Å²) >= 11 is 6.07. The molecule has 0 radical (unpaired) electrons. The fraction of sp³-hybridized carbons (Fsp3) is 0.409. The second-order valence-electron chi connectivity index (χ2n) is 8.17. The number of hydrogen-bond acceptors (Lipinski definition) is 8. The molecule has 3 aromatic rings. The molecule has 0 bridgehead atoms. The van der Waals surface area contributed by atoms with Crippen LogP contribution in [0.3, 0.4) is 0 Å². The van der Waals surface area contributed by atoms with Gasteiger partial charge < -0.3 is 31.0 Å². The molecule has 186 valence electrons. The Morgan fingerprint density at radius 1 is 1.34 bits per heavy atom. The summed E-state index contributed by atoms with van der Waals surface area (Å²) in [5.41, 5.74) is 6.67. The van der Waals surface area contributed by atoms with E-state index in [1.165, 1.54) is 11.1 Å². The van der Waals surface area contributed by atoms with Gasteiger partial charge in [0, 0.05) is 29.9 Å². The van der Waals surface area contributed by atoms with Crippen LogP contribution >= 0.6 is 11.6 Å². The third kappa shape index (κ3) is 5.43. The topological polar surface area (TPSA) is 151 Å². The summed E-state index contributed by atoms with van der Waals surface area (Å²) in [6.07, 6.45) is 6.29. The maximum atomic E-state index is 14.6. The average molecular weight is 505 g/mol. The van der Waals surface area contributed by atoms with Crippen LogP contribution in [-0.4, -0.2) is 68.7 Å². The quantitative estimate of drug-likeness (QED) is 0.358. The first-order valence-electron chi connectivity index (χ1n) is 11.2. The number of pyridine rings is 1. The van der Waals surface area contributed by atoms with Gasteiger partial charge in [0.1, 0.15) is 17.9 Å². The van der Waals surface area contributed by atoms with E-state index in [-0.39, 0.29) is 31.3 Å². The van der Waals surface area contributed by atoms with Crippen LogP contribution in [0.15, 0.2) is 24.7 Å². The molecule has 35 heavy (non-hydrogen) atoms. The molecule has 4 rings (SSSR count). The molecule has 0 aliphatic carbocycles. The monoisotopic (exact) mass is 504 g/mol. The van der Waals surface area contributed by atoms with Gasteiger partial charge in [0.2, 0.25) is 0 Å². The number of hydrogen-bond donors (Lipinski definition) is 4. The van der Waals surface area contributed by atoms with Gasteiger partial charge in [-0.3, -0.25) is 4.79 Å². The molecule has 1 atom stereocenters. The molecule has 3 aromatic heterocycles. The lowest BCUT2D eigenvalue weighted by Crippen LogP contribution is -2.66. The highest BCUT2D eigenvalue weighted by atomic mass is 35.5. The van der Waals surface area contributed by atoms with Gasteiger partial charge in [-0.15, -0.1) is 0 Å². The van der Waals surface area contributed by atoms with E-state index in [0.29, 0.717) is 34.6 Å². The second-order valence-corrected chi connectivity index (χ2v) is 8.61. The van der Waals surface area contributed by atoms with Gasteiger partial charge in [-0.05, 0) is 32.3 Å². The van der Waals surface area contributed by atoms with Crippen molar-refractivity contribution in [2.45, 2.75) is 31.8 Å². The van der Waals surface area contributed by atoms with Gasteiger partial charge >= 0.3 is 12.0 Å². The summed E-state index contributed by atoms with van der Waals surface area (Å²) < 4.78 is 19.4. The number of ether oxygens (including phenoxy) is 1. The van der Waals surface area contributed by atoms with Crippen molar-refractivity contribution in [2.75, 3.05) is 31.6 Å². The Bertz CT molecular complexity index is 1240. The number of rotatable bonds is 7. The molecule has 0 aromatic carbocycles. The molecule has 0 spiro atoms. The van der Waals surface area contributed by atoms with Crippen LogP contribution < -0.4 is 16.4 Å². The lowest BCUT2D eigenvalue weighted by atomic mass is 9.96. The Hall–Kier alpha value is -3.51. The number of likely N-dealkylation sites (tertiary alicyclic amines) is 1. The Morgan fingerprint density at radius 3 is 2.97 bits per heavy atom. The van der Waals surface area contributed by atoms with Crippen molar-refractivity contribution < 1.29 is 18.7 Å². The minimum atomic E-state index is -1.12. The Labute approximate surface area is 205 Å². The summed E-state index contributed by atoms with van der Waals surface area (Å²) in [7, 11) is 0. The summed E-state index contributed by atoms with van der Waals surface area (Å²) in [4.78, 5) is 41.5. The molecule has 1 aliphatic rings. The van der Waals surface area contributed by atoms with Crippen molar-refractivity contribution in [2.24, 2.45) is 5.73 Å². The molecular formula is C22H26ClFN8O3. The summed E-state index contributed by atoms with van der Waals surface area (Å²) in [6.45, 7) is 2.07. The van der Waals surface area contributed by atoms with E-state index in [1.54, 1.807) is 19.2 Å². The van der Waals surface area contributed by atoms with E-state index in [4.69, 9.17) is 22.1 Å². The van der Waals surface area contributed by atoms with Crippen molar-refractivity contribution >= 4 is 40.5 Å². The van der Waals surface area contributed by atoms with Crippen LogP contribution in [0.1, 0.15) is 26.2 Å². The first kappa shape index (κ1) is 24.6. The predicted octanol–water partition coefficient (Wildman–Crippen LogP) is 2.64. The zero-order valence-electron chi connectivity index (χ0n) is 19.1. The molecule has 2 amide bonds. The first-order valence-corrected chi connectivity index (χ1v) is 11.6.